The third-order valence-electron chi connectivity index (χ3n) is 6.32. The zero-order chi connectivity index (χ0) is 27.0. The van der Waals surface area contributed by atoms with Gasteiger partial charge in [0.25, 0.3) is 0 Å². The number of rotatable bonds is 9. The van der Waals surface area contributed by atoms with Crippen LogP contribution >= 0.6 is 0 Å². The minimum Gasteiger partial charge on any atom is -0.368 e. The first kappa shape index (κ1) is 32.8. The molecule has 1 aliphatic heterocycles. The van der Waals surface area contributed by atoms with E-state index in [4.69, 9.17) is 5.73 Å². The van der Waals surface area contributed by atoms with E-state index < -0.39 is 18.0 Å². The fourth-order valence-electron chi connectivity index (χ4n) is 4.23. The lowest BCUT2D eigenvalue weighted by Crippen LogP contribution is -2.56. The minimum atomic E-state index is -0.785. The first-order valence-corrected chi connectivity index (χ1v) is 13.5. The molecule has 3 unspecified atom stereocenters. The third kappa shape index (κ3) is 11.4. The van der Waals surface area contributed by atoms with Crippen LogP contribution in [0.1, 0.15) is 92.9 Å². The number of amides is 4. The molecule has 2 aliphatic rings. The van der Waals surface area contributed by atoms with Crippen LogP contribution in [0.3, 0.4) is 0 Å². The van der Waals surface area contributed by atoms with Crippen molar-refractivity contribution in [2.45, 2.75) is 111 Å². The SMILES string of the molecule is CC.CCCC.CNCC(=O)NC(C(=O)N1CC(NC(=O)C(C)C)CC1C(N)=O)C1CCCCC1. The van der Waals surface area contributed by atoms with E-state index >= 15 is 0 Å². The Bertz CT molecular complexity index is 648. The Labute approximate surface area is 212 Å². The van der Waals surface area contributed by atoms with Gasteiger partial charge in [-0.15, -0.1) is 0 Å². The fraction of sp³-hybridized carbons (Fsp3) is 0.846. The molecule has 0 aromatic heterocycles. The molecule has 204 valence electrons. The first-order valence-electron chi connectivity index (χ1n) is 13.5. The maximum atomic E-state index is 13.4. The predicted molar refractivity (Wildman–Crippen MR) is 140 cm³/mol. The molecule has 3 atom stereocenters. The Balaban J connectivity index is 0.00000174. The van der Waals surface area contributed by atoms with Crippen molar-refractivity contribution in [2.75, 3.05) is 20.1 Å². The van der Waals surface area contributed by atoms with Crippen molar-refractivity contribution >= 4 is 23.6 Å². The van der Waals surface area contributed by atoms with Crippen molar-refractivity contribution in [3.05, 3.63) is 0 Å². The molecule has 35 heavy (non-hydrogen) atoms. The molecular formula is C26H51N5O4. The quantitative estimate of drug-likeness (QED) is 0.388. The molecular weight excluding hydrogens is 446 g/mol. The molecule has 5 N–H and O–H groups in total. The zero-order valence-electron chi connectivity index (χ0n) is 23.1. The summed E-state index contributed by atoms with van der Waals surface area (Å²) in [6.07, 6.45) is 7.81. The molecule has 9 nitrogen and oxygen atoms in total. The van der Waals surface area contributed by atoms with Gasteiger partial charge in [-0.3, -0.25) is 19.2 Å². The fourth-order valence-corrected chi connectivity index (χ4v) is 4.23. The Kier molecular flexibility index (Phi) is 17.0. The summed E-state index contributed by atoms with van der Waals surface area (Å²) in [5, 5.41) is 8.55. The van der Waals surface area contributed by atoms with Crippen LogP contribution in [0.4, 0.5) is 0 Å². The Morgan fingerprint density at radius 3 is 2.03 bits per heavy atom. The number of likely N-dealkylation sites (tertiary alicyclic amines) is 1. The normalized spacial score (nSPS) is 20.6. The second kappa shape index (κ2) is 18.2. The van der Waals surface area contributed by atoms with Crippen molar-refractivity contribution in [3.63, 3.8) is 0 Å². The second-order valence-electron chi connectivity index (χ2n) is 9.48. The summed E-state index contributed by atoms with van der Waals surface area (Å²) in [6.45, 7) is 12.3. The highest BCUT2D eigenvalue weighted by atomic mass is 16.2. The predicted octanol–water partition coefficient (Wildman–Crippen LogP) is 2.33. The molecule has 0 aromatic carbocycles. The number of hydrogen-bond acceptors (Lipinski definition) is 5. The van der Waals surface area contributed by atoms with E-state index in [0.29, 0.717) is 6.42 Å². The number of unbranched alkanes of at least 4 members (excludes halogenated alkanes) is 1. The van der Waals surface area contributed by atoms with E-state index in [1.807, 2.05) is 13.8 Å². The van der Waals surface area contributed by atoms with Crippen LogP contribution in [0.15, 0.2) is 0 Å². The number of carbonyl (C=O) groups is 4. The Hall–Kier alpha value is -2.16. The lowest BCUT2D eigenvalue weighted by Gasteiger charge is -2.34. The van der Waals surface area contributed by atoms with E-state index in [9.17, 15) is 19.2 Å². The number of nitrogens with zero attached hydrogens (tertiary/aromatic N) is 1. The van der Waals surface area contributed by atoms with Gasteiger partial charge in [-0.05, 0) is 32.2 Å². The third-order valence-corrected chi connectivity index (χ3v) is 6.32. The van der Waals surface area contributed by atoms with Crippen LogP contribution in [-0.4, -0.2) is 66.8 Å². The number of nitrogens with two attached hydrogens (primary N) is 1. The highest BCUT2D eigenvalue weighted by molar-refractivity contribution is 5.93. The van der Waals surface area contributed by atoms with Gasteiger partial charge in [-0.1, -0.05) is 73.6 Å². The first-order chi connectivity index (χ1) is 16.7. The van der Waals surface area contributed by atoms with Crippen molar-refractivity contribution in [1.29, 1.82) is 0 Å². The van der Waals surface area contributed by atoms with Gasteiger partial charge in [0.1, 0.15) is 12.1 Å². The molecule has 1 heterocycles. The summed E-state index contributed by atoms with van der Waals surface area (Å²) < 4.78 is 0. The number of hydrogen-bond donors (Lipinski definition) is 4. The smallest absolute Gasteiger partial charge is 0.246 e. The van der Waals surface area contributed by atoms with Gasteiger partial charge in [0.05, 0.1) is 6.54 Å². The molecule has 1 saturated heterocycles. The van der Waals surface area contributed by atoms with E-state index in [-0.39, 0.29) is 48.7 Å². The maximum Gasteiger partial charge on any atom is 0.246 e. The lowest BCUT2D eigenvalue weighted by molar-refractivity contribution is -0.142. The summed E-state index contributed by atoms with van der Waals surface area (Å²) in [5.74, 6) is -1.41. The molecule has 0 radical (unpaired) electrons. The van der Waals surface area contributed by atoms with E-state index in [2.05, 4.69) is 29.8 Å². The number of carbonyl (C=O) groups excluding carboxylic acids is 4. The molecule has 1 aliphatic carbocycles. The van der Waals surface area contributed by atoms with Crippen molar-refractivity contribution in [2.24, 2.45) is 17.6 Å². The summed E-state index contributed by atoms with van der Waals surface area (Å²) >= 11 is 0. The van der Waals surface area contributed by atoms with Gasteiger partial charge in [0.15, 0.2) is 0 Å². The van der Waals surface area contributed by atoms with Crippen LogP contribution in [0.2, 0.25) is 0 Å². The van der Waals surface area contributed by atoms with Crippen LogP contribution < -0.4 is 21.7 Å². The molecule has 0 aromatic rings. The highest BCUT2D eigenvalue weighted by Crippen LogP contribution is 2.29. The lowest BCUT2D eigenvalue weighted by atomic mass is 9.83. The number of primary amides is 1. The number of nitrogens with one attached hydrogen (secondary N) is 3. The topological polar surface area (TPSA) is 134 Å². The van der Waals surface area contributed by atoms with Gasteiger partial charge in [0, 0.05) is 18.5 Å². The molecule has 9 heteroatoms. The van der Waals surface area contributed by atoms with Gasteiger partial charge in [-0.25, -0.2) is 0 Å². The summed E-state index contributed by atoms with van der Waals surface area (Å²) in [5.41, 5.74) is 5.56. The number of likely N-dealkylation sites (N-methyl/N-ethyl adjacent to an activating group) is 1. The van der Waals surface area contributed by atoms with Gasteiger partial charge in [0.2, 0.25) is 23.6 Å². The largest absolute Gasteiger partial charge is 0.368 e. The molecule has 4 amide bonds. The summed E-state index contributed by atoms with van der Waals surface area (Å²) in [4.78, 5) is 51.2. The standard InChI is InChI=1S/C20H35N5O4.C4H10.C2H6/c1-12(2)19(28)23-14-9-15(18(21)27)25(11-14)20(29)17(24-16(26)10-22-3)13-7-5-4-6-8-13;1-3-4-2;1-2/h12-15,17,22H,4-11H2,1-3H3,(H2,21,27)(H,23,28)(H,24,26);3-4H2,1-2H3;1-2H3. The van der Waals surface area contributed by atoms with E-state index in [1.165, 1.54) is 17.7 Å². The Morgan fingerprint density at radius 2 is 1.57 bits per heavy atom. The minimum absolute atomic E-state index is 0.0369. The average Bonchev–Trinajstić information content (AvgIpc) is 3.28. The summed E-state index contributed by atoms with van der Waals surface area (Å²) in [7, 11) is 1.67. The molecule has 2 rings (SSSR count). The van der Waals surface area contributed by atoms with E-state index in [0.717, 1.165) is 32.1 Å². The molecule has 0 spiro atoms. The van der Waals surface area contributed by atoms with Crippen LogP contribution in [-0.2, 0) is 19.2 Å². The van der Waals surface area contributed by atoms with Gasteiger partial charge >= 0.3 is 0 Å². The molecule has 0 bridgehead atoms. The molecule has 2 fully saturated rings. The van der Waals surface area contributed by atoms with Crippen LogP contribution in [0, 0.1) is 11.8 Å². The highest BCUT2D eigenvalue weighted by Gasteiger charge is 2.43. The van der Waals surface area contributed by atoms with Crippen molar-refractivity contribution in [1.82, 2.24) is 20.9 Å². The second-order valence-corrected chi connectivity index (χ2v) is 9.48. The average molecular weight is 498 g/mol. The zero-order valence-corrected chi connectivity index (χ0v) is 23.1. The van der Waals surface area contributed by atoms with Crippen molar-refractivity contribution in [3.8, 4) is 0 Å². The van der Waals surface area contributed by atoms with Crippen LogP contribution in [0.25, 0.3) is 0 Å². The van der Waals surface area contributed by atoms with E-state index in [1.54, 1.807) is 20.9 Å². The monoisotopic (exact) mass is 497 g/mol. The van der Waals surface area contributed by atoms with Crippen molar-refractivity contribution < 1.29 is 19.2 Å². The van der Waals surface area contributed by atoms with Gasteiger partial charge < -0.3 is 26.6 Å². The van der Waals surface area contributed by atoms with Crippen LogP contribution in [0.5, 0.6) is 0 Å². The summed E-state index contributed by atoms with van der Waals surface area (Å²) in [6, 6.07) is -1.80. The van der Waals surface area contributed by atoms with Gasteiger partial charge in [-0.2, -0.15) is 0 Å². The maximum absolute atomic E-state index is 13.4. The molecule has 1 saturated carbocycles. The Morgan fingerprint density at radius 1 is 1.00 bits per heavy atom.